The highest BCUT2D eigenvalue weighted by Crippen LogP contribution is 2.34. The van der Waals surface area contributed by atoms with Crippen molar-refractivity contribution in [2.75, 3.05) is 6.54 Å². The van der Waals surface area contributed by atoms with Gasteiger partial charge in [-0.3, -0.25) is 10.1 Å². The van der Waals surface area contributed by atoms with E-state index in [2.05, 4.69) is 5.32 Å². The van der Waals surface area contributed by atoms with Crippen LogP contribution in [0.1, 0.15) is 37.9 Å². The van der Waals surface area contributed by atoms with E-state index in [4.69, 9.17) is 4.74 Å². The monoisotopic (exact) mass is 334 g/mol. The van der Waals surface area contributed by atoms with E-state index in [0.717, 1.165) is 12.1 Å². The molecule has 1 aromatic carbocycles. The molecular weight excluding hydrogens is 317 g/mol. The summed E-state index contributed by atoms with van der Waals surface area (Å²) in [4.78, 5) is 21.7. The Balaban J connectivity index is 3.13. The van der Waals surface area contributed by atoms with Gasteiger partial charge in [-0.05, 0) is 32.4 Å². The minimum Gasteiger partial charge on any atom is -0.444 e. The molecule has 0 aliphatic heterocycles. The molecule has 0 radical (unpaired) electrons. The highest BCUT2D eigenvalue weighted by Gasteiger charge is 2.37. The summed E-state index contributed by atoms with van der Waals surface area (Å²) in [6.45, 7) is 3.81. The second kappa shape index (κ2) is 6.84. The lowest BCUT2D eigenvalue weighted by Crippen LogP contribution is -2.38. The van der Waals surface area contributed by atoms with Gasteiger partial charge in [0.15, 0.2) is 0 Å². The predicted octanol–water partition coefficient (Wildman–Crippen LogP) is 3.55. The molecule has 1 N–H and O–H groups in total. The van der Waals surface area contributed by atoms with Crippen molar-refractivity contribution >= 4 is 6.09 Å². The summed E-state index contributed by atoms with van der Waals surface area (Å²) in [6.07, 6.45) is -5.72. The van der Waals surface area contributed by atoms with Gasteiger partial charge in [-0.1, -0.05) is 18.2 Å². The number of hydrogen-bond acceptors (Lipinski definition) is 4. The van der Waals surface area contributed by atoms with E-state index < -0.39 is 40.9 Å². The SMILES string of the molecule is CC(C)(C)OC(=O)N[C@@H](C[N+](=O)[O-])c1ccccc1C(F)(F)F. The Morgan fingerprint density at radius 3 is 2.35 bits per heavy atom. The molecule has 0 aliphatic rings. The van der Waals surface area contributed by atoms with Gasteiger partial charge in [-0.2, -0.15) is 13.2 Å². The third-order valence-corrected chi connectivity index (χ3v) is 2.66. The number of nitrogens with zero attached hydrogens (tertiary/aromatic N) is 1. The van der Waals surface area contributed by atoms with Crippen molar-refractivity contribution in [3.63, 3.8) is 0 Å². The maximum atomic E-state index is 13.0. The van der Waals surface area contributed by atoms with Gasteiger partial charge in [-0.15, -0.1) is 0 Å². The van der Waals surface area contributed by atoms with Gasteiger partial charge in [0.05, 0.1) is 5.56 Å². The molecule has 1 amide bonds. The fourth-order valence-electron chi connectivity index (χ4n) is 1.88. The number of hydrogen-bond donors (Lipinski definition) is 1. The van der Waals surface area contributed by atoms with Crippen LogP contribution in [0.4, 0.5) is 18.0 Å². The number of carbonyl (C=O) groups is 1. The number of benzene rings is 1. The molecule has 0 aliphatic carbocycles. The van der Waals surface area contributed by atoms with Gasteiger partial charge in [0.2, 0.25) is 6.54 Å². The normalized spacial score (nSPS) is 13.3. The average molecular weight is 334 g/mol. The number of amides is 1. The van der Waals surface area contributed by atoms with Crippen molar-refractivity contribution in [1.82, 2.24) is 5.32 Å². The van der Waals surface area contributed by atoms with Crippen molar-refractivity contribution in [3.05, 3.63) is 45.5 Å². The first-order chi connectivity index (χ1) is 10.4. The highest BCUT2D eigenvalue weighted by molar-refractivity contribution is 5.68. The summed E-state index contributed by atoms with van der Waals surface area (Å²) < 4.78 is 44.1. The Hall–Kier alpha value is -2.32. The first-order valence-corrected chi connectivity index (χ1v) is 6.67. The topological polar surface area (TPSA) is 81.5 Å². The fraction of sp³-hybridized carbons (Fsp3) is 0.500. The van der Waals surface area contributed by atoms with E-state index in [1.807, 2.05) is 0 Å². The summed E-state index contributed by atoms with van der Waals surface area (Å²) in [5.41, 5.74) is -2.31. The third kappa shape index (κ3) is 6.13. The largest absolute Gasteiger partial charge is 0.444 e. The van der Waals surface area contributed by atoms with Crippen molar-refractivity contribution in [1.29, 1.82) is 0 Å². The number of alkyl halides is 3. The molecule has 0 bridgehead atoms. The van der Waals surface area contributed by atoms with Crippen molar-refractivity contribution in [2.45, 2.75) is 38.6 Å². The predicted molar refractivity (Wildman–Crippen MR) is 75.4 cm³/mol. The zero-order valence-corrected chi connectivity index (χ0v) is 12.8. The minimum atomic E-state index is -4.69. The van der Waals surface area contributed by atoms with E-state index in [0.29, 0.717) is 0 Å². The molecule has 1 atom stereocenters. The number of ether oxygens (including phenoxy) is 1. The van der Waals surface area contributed by atoms with E-state index in [-0.39, 0.29) is 5.56 Å². The number of halogens is 3. The number of rotatable bonds is 4. The molecule has 1 aromatic rings. The number of nitro groups is 1. The van der Waals surface area contributed by atoms with Crippen LogP contribution in [0.15, 0.2) is 24.3 Å². The van der Waals surface area contributed by atoms with Gasteiger partial charge in [-0.25, -0.2) is 4.79 Å². The van der Waals surface area contributed by atoms with E-state index in [9.17, 15) is 28.1 Å². The van der Waals surface area contributed by atoms with Crippen LogP contribution >= 0.6 is 0 Å². The first kappa shape index (κ1) is 18.7. The molecule has 23 heavy (non-hydrogen) atoms. The van der Waals surface area contributed by atoms with Crippen LogP contribution in [-0.4, -0.2) is 23.2 Å². The van der Waals surface area contributed by atoms with Crippen LogP contribution < -0.4 is 5.32 Å². The van der Waals surface area contributed by atoms with E-state index >= 15 is 0 Å². The van der Waals surface area contributed by atoms with Crippen molar-refractivity contribution < 1.29 is 27.6 Å². The Labute approximate surface area is 130 Å². The lowest BCUT2D eigenvalue weighted by molar-refractivity contribution is -0.484. The van der Waals surface area contributed by atoms with Crippen LogP contribution in [0.5, 0.6) is 0 Å². The van der Waals surface area contributed by atoms with Crippen LogP contribution in [0.25, 0.3) is 0 Å². The summed E-state index contributed by atoms with van der Waals surface area (Å²) in [5, 5.41) is 12.9. The fourth-order valence-corrected chi connectivity index (χ4v) is 1.88. The van der Waals surface area contributed by atoms with Crippen LogP contribution in [-0.2, 0) is 10.9 Å². The van der Waals surface area contributed by atoms with Gasteiger partial charge in [0, 0.05) is 4.92 Å². The Morgan fingerprint density at radius 1 is 1.30 bits per heavy atom. The second-order valence-corrected chi connectivity index (χ2v) is 5.80. The maximum absolute atomic E-state index is 13.0. The standard InChI is InChI=1S/C14H17F3N2O4/c1-13(2,3)23-12(20)18-11(8-19(21)22)9-6-4-5-7-10(9)14(15,16)17/h4-7,11H,8H2,1-3H3,(H,18,20)/t11-/m0/s1. The molecule has 6 nitrogen and oxygen atoms in total. The van der Waals surface area contributed by atoms with E-state index in [1.165, 1.54) is 12.1 Å². The molecule has 1 rings (SSSR count). The number of carbonyl (C=O) groups excluding carboxylic acids is 1. The van der Waals surface area contributed by atoms with Gasteiger partial charge >= 0.3 is 12.3 Å². The highest BCUT2D eigenvalue weighted by atomic mass is 19.4. The van der Waals surface area contributed by atoms with Gasteiger partial charge < -0.3 is 10.1 Å². The zero-order valence-electron chi connectivity index (χ0n) is 12.8. The Kier molecular flexibility index (Phi) is 5.57. The van der Waals surface area contributed by atoms with Crippen molar-refractivity contribution in [2.24, 2.45) is 0 Å². The lowest BCUT2D eigenvalue weighted by Gasteiger charge is -2.23. The summed E-state index contributed by atoms with van der Waals surface area (Å²) in [5.74, 6) is 0. The number of alkyl carbamates (subject to hydrolysis) is 1. The molecule has 9 heteroatoms. The third-order valence-electron chi connectivity index (χ3n) is 2.66. The average Bonchev–Trinajstić information content (AvgIpc) is 2.34. The Morgan fingerprint density at radius 2 is 1.87 bits per heavy atom. The summed E-state index contributed by atoms with van der Waals surface area (Å²) >= 11 is 0. The van der Waals surface area contributed by atoms with E-state index in [1.54, 1.807) is 20.8 Å². The molecule has 0 fully saturated rings. The first-order valence-electron chi connectivity index (χ1n) is 6.67. The van der Waals surface area contributed by atoms with Crippen LogP contribution in [0.2, 0.25) is 0 Å². The quantitative estimate of drug-likeness (QED) is 0.674. The molecule has 0 heterocycles. The summed E-state index contributed by atoms with van der Waals surface area (Å²) in [6, 6.07) is 2.92. The smallest absolute Gasteiger partial charge is 0.416 e. The van der Waals surface area contributed by atoms with Crippen LogP contribution in [0, 0.1) is 10.1 Å². The maximum Gasteiger partial charge on any atom is 0.416 e. The van der Waals surface area contributed by atoms with Crippen LogP contribution in [0.3, 0.4) is 0 Å². The molecule has 0 unspecified atom stereocenters. The molecule has 0 saturated heterocycles. The zero-order chi connectivity index (χ0) is 17.8. The molecule has 0 saturated carbocycles. The molecule has 0 aromatic heterocycles. The molecular formula is C14H17F3N2O4. The summed E-state index contributed by atoms with van der Waals surface area (Å²) in [7, 11) is 0. The van der Waals surface area contributed by atoms with Gasteiger partial charge in [0.25, 0.3) is 0 Å². The number of nitrogens with one attached hydrogen (secondary N) is 1. The minimum absolute atomic E-state index is 0.387. The molecule has 0 spiro atoms. The molecule has 128 valence electrons. The van der Waals surface area contributed by atoms with Crippen molar-refractivity contribution in [3.8, 4) is 0 Å². The Bertz CT molecular complexity index is 582. The van der Waals surface area contributed by atoms with Gasteiger partial charge in [0.1, 0.15) is 11.6 Å². The lowest BCUT2D eigenvalue weighted by atomic mass is 10.00. The second-order valence-electron chi connectivity index (χ2n) is 5.80.